The molecular formula is C64H66Cl3LiN10O13S2. The van der Waals surface area contributed by atoms with Gasteiger partial charge in [-0.15, -0.1) is 40.2 Å². The second-order valence-electron chi connectivity index (χ2n) is 18.0. The molecular weight excluding hydrogens is 1290 g/mol. The predicted molar refractivity (Wildman–Crippen MR) is 355 cm³/mol. The molecule has 0 saturated carbocycles. The number of hydrogen-bond acceptors (Lipinski definition) is 23. The Morgan fingerprint density at radius 1 is 0.645 bits per heavy atom. The Kier molecular flexibility index (Phi) is 39.2. The molecule has 10 rings (SSSR count). The Balaban J connectivity index is 0.000000598. The minimum absolute atomic E-state index is 0. The number of Topliss-reactive ketones (excluding diaryl/α,β-unsaturated/α-hetero) is 2. The third kappa shape index (κ3) is 29.0. The van der Waals surface area contributed by atoms with E-state index in [9.17, 15) is 33.6 Å². The summed E-state index contributed by atoms with van der Waals surface area (Å²) in [4.78, 5) is 79.4. The van der Waals surface area contributed by atoms with E-state index in [0.29, 0.717) is 82.5 Å². The summed E-state index contributed by atoms with van der Waals surface area (Å²) in [5.74, 6) is -0.424. The van der Waals surface area contributed by atoms with Crippen LogP contribution < -0.4 is 39.4 Å². The fourth-order valence-corrected chi connectivity index (χ4v) is 9.73. The number of ketones is 2. The molecule has 484 valence electrons. The summed E-state index contributed by atoms with van der Waals surface area (Å²) in [6.45, 7) is 11.5. The molecule has 8 heterocycles. The molecule has 0 spiro atoms. The fourth-order valence-electron chi connectivity index (χ4n) is 7.39. The Hall–Kier alpha value is -9.00. The van der Waals surface area contributed by atoms with Gasteiger partial charge in [-0.2, -0.15) is 35.7 Å². The molecule has 2 aliphatic rings. The van der Waals surface area contributed by atoms with Gasteiger partial charge < -0.3 is 40.6 Å². The van der Waals surface area contributed by atoms with Crippen molar-refractivity contribution in [2.24, 2.45) is 5.73 Å². The largest absolute Gasteiger partial charge is 1.00 e. The number of carbonyl (C=O) groups is 7. The molecule has 2 aliphatic heterocycles. The van der Waals surface area contributed by atoms with Crippen LogP contribution in [0.1, 0.15) is 93.2 Å². The van der Waals surface area contributed by atoms with E-state index in [2.05, 4.69) is 68.2 Å². The first-order chi connectivity index (χ1) is 42.9. The summed E-state index contributed by atoms with van der Waals surface area (Å²) in [7, 11) is 0. The molecule has 0 radical (unpaired) electrons. The van der Waals surface area contributed by atoms with Gasteiger partial charge in [0.1, 0.15) is 29.4 Å². The SMILES string of the molecule is C.C=CC(=O)OCC.CC(=O)c1ccc(-c2cc(Cl)c3c(c2)CC(CN)O3)s1.CC(=O)c1ccc(-c2cc(Cl)c3c(c2)CC(CNC(=O)/C=C/c2cccnn2)O3)s1.CCOC(=O)/C=C/c1cccnn1.Cl.O=C(O)/C=C/c1cccnn1.O=Cc1cccnn1.[Li+].[OH-]. The summed E-state index contributed by atoms with van der Waals surface area (Å²) < 4.78 is 20.8. The third-order valence-corrected chi connectivity index (χ3v) is 14.4. The Morgan fingerprint density at radius 2 is 1.05 bits per heavy atom. The number of carboxylic acids is 1. The number of carbonyl (C=O) groups excluding carboxylic acids is 6. The summed E-state index contributed by atoms with van der Waals surface area (Å²) in [5.41, 5.74) is 11.8. The van der Waals surface area contributed by atoms with Crippen molar-refractivity contribution in [3.05, 3.63) is 206 Å². The second kappa shape index (κ2) is 44.5. The van der Waals surface area contributed by atoms with Crippen LogP contribution in [0.15, 0.2) is 153 Å². The number of aromatic nitrogens is 8. The second-order valence-corrected chi connectivity index (χ2v) is 20.9. The van der Waals surface area contributed by atoms with Gasteiger partial charge in [0.2, 0.25) is 5.91 Å². The van der Waals surface area contributed by atoms with Crippen molar-refractivity contribution >= 4 is 118 Å². The van der Waals surface area contributed by atoms with Crippen molar-refractivity contribution in [2.75, 3.05) is 26.3 Å². The number of nitrogens with two attached hydrogens (primary N) is 1. The first-order valence-corrected chi connectivity index (χ1v) is 29.3. The van der Waals surface area contributed by atoms with E-state index >= 15 is 0 Å². The van der Waals surface area contributed by atoms with Crippen LogP contribution in [0, 0.1) is 0 Å². The zero-order valence-electron chi connectivity index (χ0n) is 50.3. The fraction of sp³-hybridized carbons (Fsp3) is 0.203. The molecule has 23 nitrogen and oxygen atoms in total. The van der Waals surface area contributed by atoms with E-state index < -0.39 is 5.97 Å². The molecule has 29 heteroatoms. The van der Waals surface area contributed by atoms with E-state index in [1.54, 1.807) is 101 Å². The summed E-state index contributed by atoms with van der Waals surface area (Å²) in [6.07, 6.45) is 17.5. The quantitative estimate of drug-likeness (QED) is 0.0254. The van der Waals surface area contributed by atoms with Gasteiger partial charge in [-0.1, -0.05) is 37.2 Å². The van der Waals surface area contributed by atoms with Gasteiger partial charge in [0.25, 0.3) is 0 Å². The molecule has 1 amide bonds. The Bertz CT molecular complexity index is 3760. The van der Waals surface area contributed by atoms with Gasteiger partial charge in [0.05, 0.1) is 56.6 Å². The molecule has 6 aromatic heterocycles. The Labute approximate surface area is 573 Å². The number of ether oxygens (including phenoxy) is 4. The molecule has 0 aliphatic carbocycles. The number of rotatable bonds is 17. The number of hydrogen-bond donors (Lipinski definition) is 3. The van der Waals surface area contributed by atoms with Crippen LogP contribution in [-0.4, -0.2) is 132 Å². The number of carboxylic acid groups (broad SMARTS) is 1. The van der Waals surface area contributed by atoms with Crippen molar-refractivity contribution in [3.8, 4) is 32.4 Å². The van der Waals surface area contributed by atoms with Crippen LogP contribution in [0.3, 0.4) is 0 Å². The van der Waals surface area contributed by atoms with E-state index in [1.165, 1.54) is 53.3 Å². The van der Waals surface area contributed by atoms with Crippen LogP contribution >= 0.6 is 58.3 Å². The number of nitrogens with zero attached hydrogens (tertiary/aromatic N) is 8. The monoisotopic (exact) mass is 1360 g/mol. The maximum Gasteiger partial charge on any atom is 1.00 e. The van der Waals surface area contributed by atoms with Crippen molar-refractivity contribution in [1.82, 2.24) is 46.1 Å². The van der Waals surface area contributed by atoms with Crippen molar-refractivity contribution in [1.29, 1.82) is 0 Å². The average molecular weight is 1360 g/mol. The minimum Gasteiger partial charge on any atom is -0.870 e. The molecule has 2 atom stereocenters. The average Bonchev–Trinajstić information content (AvgIpc) is 1.83. The Morgan fingerprint density at radius 3 is 1.41 bits per heavy atom. The number of fused-ring (bicyclic) bond motifs is 2. The molecule has 2 unspecified atom stereocenters. The number of nitrogens with one attached hydrogen (secondary N) is 1. The van der Waals surface area contributed by atoms with Crippen LogP contribution in [0.4, 0.5) is 0 Å². The predicted octanol–water partition coefficient (Wildman–Crippen LogP) is 8.26. The van der Waals surface area contributed by atoms with Gasteiger partial charge in [0, 0.05) is 89.4 Å². The topological polar surface area (TPSA) is 348 Å². The number of benzene rings is 2. The van der Waals surface area contributed by atoms with E-state index in [-0.39, 0.29) is 85.8 Å². The van der Waals surface area contributed by atoms with Gasteiger partial charge in [-0.3, -0.25) is 19.2 Å². The number of thiophene rings is 2. The van der Waals surface area contributed by atoms with Crippen molar-refractivity contribution in [2.45, 2.75) is 60.2 Å². The van der Waals surface area contributed by atoms with Gasteiger partial charge in [-0.05, 0) is 154 Å². The maximum atomic E-state index is 12.1. The molecule has 0 saturated heterocycles. The number of halogens is 3. The maximum absolute atomic E-state index is 12.1. The zero-order valence-corrected chi connectivity index (χ0v) is 54.3. The molecule has 0 fully saturated rings. The van der Waals surface area contributed by atoms with Crippen LogP contribution in [0.5, 0.6) is 11.5 Å². The smallest absolute Gasteiger partial charge is 0.870 e. The molecule has 5 N–H and O–H groups in total. The number of aliphatic carboxylic acids is 1. The van der Waals surface area contributed by atoms with Crippen LogP contribution in [0.2, 0.25) is 10.0 Å². The van der Waals surface area contributed by atoms with E-state index in [0.717, 1.165) is 61.2 Å². The van der Waals surface area contributed by atoms with Crippen molar-refractivity contribution < 1.29 is 82.0 Å². The summed E-state index contributed by atoms with van der Waals surface area (Å²) in [6, 6.07) is 29.0. The van der Waals surface area contributed by atoms with Crippen molar-refractivity contribution in [3.63, 3.8) is 0 Å². The molecule has 8 aromatic rings. The first kappa shape index (κ1) is 82.0. The van der Waals surface area contributed by atoms with Gasteiger partial charge >= 0.3 is 36.8 Å². The summed E-state index contributed by atoms with van der Waals surface area (Å²) in [5, 5.41) is 41.5. The molecule has 2 aromatic carbocycles. The van der Waals surface area contributed by atoms with Gasteiger partial charge in [-0.25, -0.2) is 14.4 Å². The van der Waals surface area contributed by atoms with E-state index in [4.69, 9.17) is 43.5 Å². The standard InChI is InChI=1S/C22H18ClN3O3S.C15H14ClNO2S.C9H10N2O2.C7H6N2O2.C5H4N2O.C5H8O2.CH4.ClH.Li.H2O/c1-13(27)19-5-6-20(30-19)14-9-15-10-17(29-22(15)18(23)11-14)12-24-21(28)7-4-16-3-2-8-25-26-16;1-8(18)13-2-3-14(20-13)9-4-10-5-11(7-17)19-15(10)12(16)6-9;1-2-13-9(12)6-5-8-4-3-7-10-11-8;10-7(11)4-3-6-2-1-5-8-9-6;8-4-5-2-1-3-6-7-5;1-3-5(6)7-4-2;;;;/h2-9,11,17H,10,12H2,1H3,(H,24,28);2-4,6,11H,5,7,17H2,1H3;3-7H,2H2,1H3;1-5H,(H,10,11);1-4H;3H,1,4H2,2H3;1H4;1H;;1H2/q;;;;;;;;+1;/p-1/b7-4+;;6-5+;4-3+;;;;;;. The minimum atomic E-state index is -0.990. The summed E-state index contributed by atoms with van der Waals surface area (Å²) >= 11 is 15.7. The van der Waals surface area contributed by atoms with Crippen LogP contribution in [-0.2, 0) is 41.5 Å². The number of amides is 1. The van der Waals surface area contributed by atoms with E-state index in [1.807, 2.05) is 42.5 Å². The molecule has 0 bridgehead atoms. The zero-order chi connectivity index (χ0) is 64.5. The number of esters is 2. The molecule has 93 heavy (non-hydrogen) atoms. The van der Waals surface area contributed by atoms with Crippen LogP contribution in [0.25, 0.3) is 39.1 Å². The third-order valence-electron chi connectivity index (χ3n) is 11.4. The first-order valence-electron chi connectivity index (χ1n) is 26.9. The van der Waals surface area contributed by atoms with Gasteiger partial charge in [0.15, 0.2) is 17.9 Å². The normalized spacial score (nSPS) is 12.4. The number of aldehydes is 1.